The number of nitrogens with zero attached hydrogens (tertiary/aromatic N) is 6. The molecule has 250 valence electrons. The number of benzene rings is 1. The molecule has 0 unspecified atom stereocenters. The Bertz CT molecular complexity index is 1460. The zero-order valence-electron chi connectivity index (χ0n) is 29.4. The molecule has 3 aromatic rings. The summed E-state index contributed by atoms with van der Waals surface area (Å²) >= 11 is 1.74. The first-order chi connectivity index (χ1) is 22.3. The molecule has 0 radical (unpaired) electrons. The summed E-state index contributed by atoms with van der Waals surface area (Å²) in [7, 11) is 5.89. The molecular formula is C38H56N6OS. The minimum absolute atomic E-state index is 0.583. The molecular weight excluding hydrogens is 589 g/mol. The molecule has 8 heteroatoms. The summed E-state index contributed by atoms with van der Waals surface area (Å²) in [5, 5.41) is 5.91. The van der Waals surface area contributed by atoms with Crippen LogP contribution >= 0.6 is 11.3 Å². The molecule has 2 aromatic heterocycles. The molecule has 0 saturated carbocycles. The number of ether oxygens (including phenoxy) is 1. The number of anilines is 2. The van der Waals surface area contributed by atoms with Gasteiger partial charge in [-0.25, -0.2) is 14.7 Å². The summed E-state index contributed by atoms with van der Waals surface area (Å²) in [5.41, 5.74) is 5.79. The van der Waals surface area contributed by atoms with Crippen molar-refractivity contribution < 1.29 is 4.74 Å². The van der Waals surface area contributed by atoms with E-state index in [1.165, 1.54) is 87.7 Å². The van der Waals surface area contributed by atoms with E-state index in [1.54, 1.807) is 18.4 Å². The second-order valence-electron chi connectivity index (χ2n) is 12.7. The van der Waals surface area contributed by atoms with E-state index in [9.17, 15) is 0 Å². The van der Waals surface area contributed by atoms with Crippen molar-refractivity contribution in [1.29, 1.82) is 0 Å². The van der Waals surface area contributed by atoms with Crippen molar-refractivity contribution in [2.24, 2.45) is 9.98 Å². The van der Waals surface area contributed by atoms with Gasteiger partial charge in [-0.15, -0.1) is 11.3 Å². The molecule has 3 heterocycles. The maximum absolute atomic E-state index is 5.96. The second kappa shape index (κ2) is 18.1. The highest BCUT2D eigenvalue weighted by Crippen LogP contribution is 2.33. The monoisotopic (exact) mass is 644 g/mol. The van der Waals surface area contributed by atoms with Crippen LogP contribution in [0, 0.1) is 13.8 Å². The van der Waals surface area contributed by atoms with Crippen LogP contribution in [-0.4, -0.2) is 55.7 Å². The Labute approximate surface area is 282 Å². The van der Waals surface area contributed by atoms with Crippen LogP contribution < -0.4 is 14.5 Å². The molecule has 1 aliphatic heterocycles. The molecule has 0 spiro atoms. The number of allylic oxidation sites excluding steroid dienone is 1. The van der Waals surface area contributed by atoms with Gasteiger partial charge in [-0.3, -0.25) is 0 Å². The van der Waals surface area contributed by atoms with Gasteiger partial charge in [0.1, 0.15) is 11.5 Å². The molecule has 0 bridgehead atoms. The van der Waals surface area contributed by atoms with Crippen LogP contribution in [0.2, 0.25) is 0 Å². The number of aliphatic imine (C=N–C) groups is 2. The van der Waals surface area contributed by atoms with Gasteiger partial charge in [-0.2, -0.15) is 5.10 Å². The Morgan fingerprint density at radius 2 is 1.46 bits per heavy atom. The minimum atomic E-state index is 0.583. The van der Waals surface area contributed by atoms with E-state index >= 15 is 0 Å². The quantitative estimate of drug-likeness (QED) is 0.122. The van der Waals surface area contributed by atoms with Crippen molar-refractivity contribution >= 4 is 39.8 Å². The maximum Gasteiger partial charge on any atom is 0.252 e. The van der Waals surface area contributed by atoms with Crippen LogP contribution in [0.25, 0.3) is 6.08 Å². The summed E-state index contributed by atoms with van der Waals surface area (Å²) in [6.45, 7) is 10.8. The van der Waals surface area contributed by atoms with Crippen LogP contribution in [-0.2, 0) is 0 Å². The lowest BCUT2D eigenvalue weighted by Crippen LogP contribution is -2.26. The van der Waals surface area contributed by atoms with Crippen molar-refractivity contribution in [2.75, 3.05) is 44.1 Å². The maximum atomic E-state index is 5.96. The SMILES string of the molecule is CCCCCCCCN(CCCCCCCC)c1ccc(OC)c(C2=NC(n3nc(C)cc3C)=NC2=Cc2ccc(N(C)C)s2)c1. The van der Waals surface area contributed by atoms with Gasteiger partial charge in [0.15, 0.2) is 0 Å². The Balaban J connectivity index is 1.67. The Hall–Kier alpha value is -3.39. The zero-order chi connectivity index (χ0) is 32.9. The van der Waals surface area contributed by atoms with E-state index < -0.39 is 0 Å². The van der Waals surface area contributed by atoms with Gasteiger partial charge >= 0.3 is 0 Å². The third-order valence-corrected chi connectivity index (χ3v) is 9.77. The van der Waals surface area contributed by atoms with Gasteiger partial charge < -0.3 is 14.5 Å². The normalized spacial score (nSPS) is 13.8. The molecule has 4 rings (SSSR count). The third-order valence-electron chi connectivity index (χ3n) is 8.57. The summed E-state index contributed by atoms with van der Waals surface area (Å²) in [4.78, 5) is 16.0. The van der Waals surface area contributed by atoms with Crippen LogP contribution in [0.1, 0.15) is 113 Å². The molecule has 1 aromatic carbocycles. The van der Waals surface area contributed by atoms with Crippen LogP contribution in [0.5, 0.6) is 5.75 Å². The average Bonchev–Trinajstić information content (AvgIpc) is 3.77. The second-order valence-corrected chi connectivity index (χ2v) is 13.8. The number of aromatic nitrogens is 2. The number of hydrogen-bond acceptors (Lipinski definition) is 7. The van der Waals surface area contributed by atoms with Crippen LogP contribution in [0.4, 0.5) is 10.7 Å². The lowest BCUT2D eigenvalue weighted by atomic mass is 10.0. The largest absolute Gasteiger partial charge is 0.496 e. The van der Waals surface area contributed by atoms with Crippen LogP contribution in [0.15, 0.2) is 52.1 Å². The summed E-state index contributed by atoms with van der Waals surface area (Å²) < 4.78 is 7.81. The number of methoxy groups -OCH3 is 1. The smallest absolute Gasteiger partial charge is 0.252 e. The molecule has 0 fully saturated rings. The zero-order valence-corrected chi connectivity index (χ0v) is 30.3. The first-order valence-electron chi connectivity index (χ1n) is 17.5. The first kappa shape index (κ1) is 35.5. The van der Waals surface area contributed by atoms with Crippen molar-refractivity contribution in [3.05, 3.63) is 63.9 Å². The highest BCUT2D eigenvalue weighted by atomic mass is 32.1. The van der Waals surface area contributed by atoms with Gasteiger partial charge in [0.25, 0.3) is 5.96 Å². The number of rotatable bonds is 19. The number of unbranched alkanes of at least 4 members (excludes halogenated alkanes) is 10. The fourth-order valence-corrected chi connectivity index (χ4v) is 6.84. The van der Waals surface area contributed by atoms with Crippen molar-refractivity contribution in [2.45, 2.75) is 105 Å². The van der Waals surface area contributed by atoms with E-state index in [2.05, 4.69) is 80.2 Å². The molecule has 0 saturated heterocycles. The van der Waals surface area contributed by atoms with E-state index in [0.29, 0.717) is 5.96 Å². The van der Waals surface area contributed by atoms with Crippen molar-refractivity contribution in [1.82, 2.24) is 9.78 Å². The van der Waals surface area contributed by atoms with Crippen LogP contribution in [0.3, 0.4) is 0 Å². The molecule has 1 aliphatic rings. The third kappa shape index (κ3) is 9.81. The van der Waals surface area contributed by atoms with Crippen molar-refractivity contribution in [3.8, 4) is 5.75 Å². The number of aryl methyl sites for hydroxylation is 2. The number of thiophene rings is 1. The fraction of sp³-hybridized carbons (Fsp3) is 0.553. The van der Waals surface area contributed by atoms with Gasteiger partial charge in [0, 0.05) is 49.0 Å². The lowest BCUT2D eigenvalue weighted by molar-refractivity contribution is 0.414. The van der Waals surface area contributed by atoms with E-state index in [1.807, 2.05) is 18.5 Å². The van der Waals surface area contributed by atoms with E-state index in [4.69, 9.17) is 19.8 Å². The Morgan fingerprint density at radius 3 is 2.02 bits per heavy atom. The molecule has 0 atom stereocenters. The van der Waals surface area contributed by atoms with Gasteiger partial charge in [0.2, 0.25) is 0 Å². The highest BCUT2D eigenvalue weighted by Gasteiger charge is 2.25. The molecule has 0 amide bonds. The lowest BCUT2D eigenvalue weighted by Gasteiger charge is -2.26. The molecule has 46 heavy (non-hydrogen) atoms. The predicted octanol–water partition coefficient (Wildman–Crippen LogP) is 9.91. The molecule has 0 aliphatic carbocycles. The Kier molecular flexibility index (Phi) is 13.9. The predicted molar refractivity (Wildman–Crippen MR) is 200 cm³/mol. The Morgan fingerprint density at radius 1 is 0.804 bits per heavy atom. The van der Waals surface area contributed by atoms with E-state index in [-0.39, 0.29) is 0 Å². The van der Waals surface area contributed by atoms with E-state index in [0.717, 1.165) is 52.1 Å². The van der Waals surface area contributed by atoms with Gasteiger partial charge in [-0.05, 0) is 69.2 Å². The highest BCUT2D eigenvalue weighted by molar-refractivity contribution is 7.16. The summed E-state index contributed by atoms with van der Waals surface area (Å²) in [6.07, 6.45) is 17.7. The molecule has 7 nitrogen and oxygen atoms in total. The molecule has 0 N–H and O–H groups in total. The van der Waals surface area contributed by atoms with Gasteiger partial charge in [0.05, 0.1) is 23.5 Å². The standard InChI is InChI=1S/C38H56N6OS/c1-8-10-12-14-16-18-24-43(25-19-17-15-13-11-9-2)31-20-22-35(45-7)33(27-31)37-34(28-32-21-23-36(46-32)42(5)6)39-38(40-37)44-30(4)26-29(3)41-44/h20-23,26-28H,8-19,24-25H2,1-7H3. The van der Waals surface area contributed by atoms with Gasteiger partial charge in [-0.1, -0.05) is 78.1 Å². The first-order valence-corrected chi connectivity index (χ1v) is 18.3. The minimum Gasteiger partial charge on any atom is -0.496 e. The summed E-state index contributed by atoms with van der Waals surface area (Å²) in [6, 6.07) is 13.0. The average molecular weight is 645 g/mol. The number of hydrogen-bond donors (Lipinski definition) is 0. The van der Waals surface area contributed by atoms with Crippen molar-refractivity contribution in [3.63, 3.8) is 0 Å². The fourth-order valence-electron chi connectivity index (χ4n) is 5.98. The summed E-state index contributed by atoms with van der Waals surface area (Å²) in [5.74, 6) is 1.39. The topological polar surface area (TPSA) is 58.2 Å².